The third-order valence-electron chi connectivity index (χ3n) is 5.65. The Labute approximate surface area is 183 Å². The molecule has 0 aliphatic rings. The highest BCUT2D eigenvalue weighted by Gasteiger charge is 2.09. The molecule has 4 aromatic rings. The summed E-state index contributed by atoms with van der Waals surface area (Å²) in [5.41, 5.74) is 7.37. The number of aromatic nitrogens is 1. The Kier molecular flexibility index (Phi) is 5.82. The fourth-order valence-corrected chi connectivity index (χ4v) is 3.93. The Morgan fingerprint density at radius 3 is 2.29 bits per heavy atom. The van der Waals surface area contributed by atoms with Gasteiger partial charge in [-0.05, 0) is 75.4 Å². The highest BCUT2D eigenvalue weighted by atomic mass is 15.1. The van der Waals surface area contributed by atoms with Gasteiger partial charge in [0.1, 0.15) is 0 Å². The number of fused-ring (bicyclic) bond motifs is 1. The Balaban J connectivity index is 1.73. The summed E-state index contributed by atoms with van der Waals surface area (Å²) in [4.78, 5) is 6.19. The summed E-state index contributed by atoms with van der Waals surface area (Å²) in [7, 11) is 4.11. The Morgan fingerprint density at radius 2 is 1.65 bits per heavy atom. The molecule has 3 heteroatoms. The van der Waals surface area contributed by atoms with Gasteiger partial charge in [-0.15, -0.1) is 0 Å². The molecule has 4 rings (SSSR count). The average Bonchev–Trinajstić information content (AvgIpc) is 2.82. The van der Waals surface area contributed by atoms with Gasteiger partial charge in [0, 0.05) is 32.2 Å². The highest BCUT2D eigenvalue weighted by molar-refractivity contribution is 5.96. The molecule has 3 aromatic carbocycles. The monoisotopic (exact) mass is 403 g/mol. The van der Waals surface area contributed by atoms with Gasteiger partial charge in [-0.25, -0.2) is 0 Å². The zero-order chi connectivity index (χ0) is 21.8. The maximum atomic E-state index is 9.87. The Morgan fingerprint density at radius 1 is 0.935 bits per heavy atom. The van der Waals surface area contributed by atoms with Crippen LogP contribution >= 0.6 is 0 Å². The Bertz CT molecular complexity index is 1280. The molecule has 0 saturated heterocycles. The second-order valence-electron chi connectivity index (χ2n) is 7.77. The van der Waals surface area contributed by atoms with Crippen molar-refractivity contribution < 1.29 is 0 Å². The molecule has 0 radical (unpaired) electrons. The van der Waals surface area contributed by atoms with Gasteiger partial charge in [-0.3, -0.25) is 4.98 Å². The lowest BCUT2D eigenvalue weighted by Gasteiger charge is -2.15. The first-order valence-electron chi connectivity index (χ1n) is 10.5. The van der Waals surface area contributed by atoms with Crippen LogP contribution in [0.2, 0.25) is 0 Å². The smallest absolute Gasteiger partial charge is 0.0998 e. The van der Waals surface area contributed by atoms with E-state index in [9.17, 15) is 5.26 Å². The van der Waals surface area contributed by atoms with E-state index in [-0.39, 0.29) is 0 Å². The standard InChI is InChI=1S/C28H25N3/c1-4-27-23(9-10-24-18-26(31(2)3)11-12-28(24)27)17-25(19-29)21-7-5-20(6-8-21)22-13-15-30-16-14-22/h5-18H,4H2,1-3H3/b25-17+. The molecule has 0 N–H and O–H groups in total. The minimum atomic E-state index is 0.667. The summed E-state index contributed by atoms with van der Waals surface area (Å²) in [5.74, 6) is 0. The van der Waals surface area contributed by atoms with Crippen molar-refractivity contribution in [3.05, 3.63) is 95.8 Å². The third-order valence-corrected chi connectivity index (χ3v) is 5.65. The summed E-state index contributed by atoms with van der Waals surface area (Å²) in [5, 5.41) is 12.3. The second-order valence-corrected chi connectivity index (χ2v) is 7.77. The lowest BCUT2D eigenvalue weighted by Crippen LogP contribution is -2.08. The maximum Gasteiger partial charge on any atom is 0.0998 e. The van der Waals surface area contributed by atoms with E-state index in [2.05, 4.69) is 79.4 Å². The first kappa shape index (κ1) is 20.4. The van der Waals surface area contributed by atoms with Crippen LogP contribution in [0, 0.1) is 11.3 Å². The topological polar surface area (TPSA) is 39.9 Å². The van der Waals surface area contributed by atoms with Gasteiger partial charge >= 0.3 is 0 Å². The van der Waals surface area contributed by atoms with Crippen molar-refractivity contribution in [2.45, 2.75) is 13.3 Å². The van der Waals surface area contributed by atoms with Gasteiger partial charge in [0.25, 0.3) is 0 Å². The molecule has 0 bridgehead atoms. The van der Waals surface area contributed by atoms with Gasteiger partial charge in [0.05, 0.1) is 11.6 Å². The molecule has 0 spiro atoms. The van der Waals surface area contributed by atoms with E-state index in [1.807, 2.05) is 30.3 Å². The van der Waals surface area contributed by atoms with Crippen LogP contribution in [0.3, 0.4) is 0 Å². The van der Waals surface area contributed by atoms with Crippen molar-refractivity contribution in [1.29, 1.82) is 5.26 Å². The number of allylic oxidation sites excluding steroid dienone is 1. The summed E-state index contributed by atoms with van der Waals surface area (Å²) < 4.78 is 0. The normalized spacial score (nSPS) is 11.4. The second kappa shape index (κ2) is 8.85. The van der Waals surface area contributed by atoms with Gasteiger partial charge in [0.2, 0.25) is 0 Å². The number of nitriles is 1. The molecule has 0 aliphatic heterocycles. The van der Waals surface area contributed by atoms with Gasteiger partial charge < -0.3 is 4.90 Å². The molecule has 0 atom stereocenters. The molecule has 0 unspecified atom stereocenters. The van der Waals surface area contributed by atoms with Crippen molar-refractivity contribution in [3.8, 4) is 17.2 Å². The number of benzene rings is 3. The van der Waals surface area contributed by atoms with Gasteiger partial charge in [-0.1, -0.05) is 49.4 Å². The summed E-state index contributed by atoms with van der Waals surface area (Å²) in [6.45, 7) is 2.17. The van der Waals surface area contributed by atoms with E-state index in [1.165, 1.54) is 22.0 Å². The van der Waals surface area contributed by atoms with E-state index in [4.69, 9.17) is 0 Å². The van der Waals surface area contributed by atoms with E-state index < -0.39 is 0 Å². The lowest BCUT2D eigenvalue weighted by molar-refractivity contribution is 1.13. The molecule has 1 aromatic heterocycles. The average molecular weight is 404 g/mol. The minimum absolute atomic E-state index is 0.667. The number of nitrogens with zero attached hydrogens (tertiary/aromatic N) is 3. The van der Waals surface area contributed by atoms with Crippen LogP contribution < -0.4 is 4.90 Å². The zero-order valence-electron chi connectivity index (χ0n) is 18.1. The fraction of sp³-hybridized carbons (Fsp3) is 0.143. The quantitative estimate of drug-likeness (QED) is 0.279. The predicted octanol–water partition coefficient (Wildman–Crippen LogP) is 6.59. The summed E-state index contributed by atoms with van der Waals surface area (Å²) >= 11 is 0. The number of anilines is 1. The molecule has 0 saturated carbocycles. The summed E-state index contributed by atoms with van der Waals surface area (Å²) in [6.07, 6.45) is 6.50. The van der Waals surface area contributed by atoms with Crippen LogP contribution in [0.25, 0.3) is 33.5 Å². The molecule has 0 fully saturated rings. The number of hydrogen-bond acceptors (Lipinski definition) is 3. The van der Waals surface area contributed by atoms with Crippen molar-refractivity contribution in [3.63, 3.8) is 0 Å². The lowest BCUT2D eigenvalue weighted by atomic mass is 9.94. The van der Waals surface area contributed by atoms with Crippen LogP contribution in [-0.2, 0) is 6.42 Å². The summed E-state index contributed by atoms with van der Waals surface area (Å²) in [6, 6.07) is 25.3. The number of pyridine rings is 1. The molecule has 3 nitrogen and oxygen atoms in total. The van der Waals surface area contributed by atoms with E-state index in [0.717, 1.165) is 28.7 Å². The molecular formula is C28H25N3. The van der Waals surface area contributed by atoms with Gasteiger partial charge in [0.15, 0.2) is 0 Å². The Hall–Kier alpha value is -3.90. The van der Waals surface area contributed by atoms with Crippen LogP contribution in [0.1, 0.15) is 23.6 Å². The van der Waals surface area contributed by atoms with E-state index in [0.29, 0.717) is 5.57 Å². The first-order valence-corrected chi connectivity index (χ1v) is 10.5. The maximum absolute atomic E-state index is 9.87. The van der Waals surface area contributed by atoms with E-state index >= 15 is 0 Å². The van der Waals surface area contributed by atoms with Gasteiger partial charge in [-0.2, -0.15) is 5.26 Å². The molecule has 152 valence electrons. The van der Waals surface area contributed by atoms with Crippen molar-refractivity contribution in [2.24, 2.45) is 0 Å². The molecule has 0 aliphatic carbocycles. The fourth-order valence-electron chi connectivity index (χ4n) is 3.93. The zero-order valence-corrected chi connectivity index (χ0v) is 18.1. The highest BCUT2D eigenvalue weighted by Crippen LogP contribution is 2.30. The van der Waals surface area contributed by atoms with Crippen molar-refractivity contribution in [1.82, 2.24) is 4.98 Å². The molecule has 1 heterocycles. The molecule has 31 heavy (non-hydrogen) atoms. The van der Waals surface area contributed by atoms with Crippen LogP contribution in [0.4, 0.5) is 5.69 Å². The van der Waals surface area contributed by atoms with Crippen molar-refractivity contribution >= 4 is 28.1 Å². The third kappa shape index (κ3) is 4.20. The number of hydrogen-bond donors (Lipinski definition) is 0. The van der Waals surface area contributed by atoms with Crippen LogP contribution in [0.5, 0.6) is 0 Å². The first-order chi connectivity index (χ1) is 15.1. The van der Waals surface area contributed by atoms with Crippen LogP contribution in [-0.4, -0.2) is 19.1 Å². The largest absolute Gasteiger partial charge is 0.378 e. The molecule has 0 amide bonds. The van der Waals surface area contributed by atoms with Crippen molar-refractivity contribution in [2.75, 3.05) is 19.0 Å². The number of aryl methyl sites for hydroxylation is 1. The predicted molar refractivity (Wildman–Crippen MR) is 131 cm³/mol. The SMILES string of the molecule is CCc1c(/C=C(\C#N)c2ccc(-c3ccncc3)cc2)ccc2cc(N(C)C)ccc12. The van der Waals surface area contributed by atoms with Crippen LogP contribution in [0.15, 0.2) is 79.1 Å². The minimum Gasteiger partial charge on any atom is -0.378 e. The van der Waals surface area contributed by atoms with E-state index in [1.54, 1.807) is 12.4 Å². The molecular weight excluding hydrogens is 378 g/mol. The number of rotatable bonds is 5.